The first-order valence-corrected chi connectivity index (χ1v) is 6.25. The summed E-state index contributed by atoms with van der Waals surface area (Å²) in [6, 6.07) is 10.4. The van der Waals surface area contributed by atoms with Gasteiger partial charge in [-0.3, -0.25) is 4.68 Å². The maximum Gasteiger partial charge on any atom is 0.0640 e. The molecule has 0 bridgehead atoms. The average molecular weight is 245 g/mol. The van der Waals surface area contributed by atoms with Crippen LogP contribution in [0.1, 0.15) is 11.1 Å². The number of hydrogen-bond acceptors (Lipinski definition) is 3. The molecule has 2 N–H and O–H groups in total. The third-order valence-corrected chi connectivity index (χ3v) is 2.78. The van der Waals surface area contributed by atoms with Gasteiger partial charge in [0.2, 0.25) is 0 Å². The number of aromatic nitrogens is 2. The molecule has 0 spiro atoms. The van der Waals surface area contributed by atoms with Gasteiger partial charge in [0.1, 0.15) is 0 Å². The normalized spacial score (nSPS) is 10.7. The smallest absolute Gasteiger partial charge is 0.0640 e. The second-order valence-corrected chi connectivity index (χ2v) is 4.25. The molecule has 0 fully saturated rings. The number of hydrogen-bond donors (Lipinski definition) is 2. The standard InChI is InChI=1S/C14H19N3O/c18-9-8-17-12-14(11-16-17)10-15-7-6-13-4-2-1-3-5-13/h1-5,11-12,15,18H,6-10H2. The predicted octanol–water partition coefficient (Wildman–Crippen LogP) is 1.21. The van der Waals surface area contributed by atoms with Crippen LogP contribution in [-0.4, -0.2) is 28.0 Å². The molecule has 4 heteroatoms. The molecular formula is C14H19N3O. The Hall–Kier alpha value is -1.65. The Morgan fingerprint density at radius 1 is 1.17 bits per heavy atom. The van der Waals surface area contributed by atoms with E-state index >= 15 is 0 Å². The van der Waals surface area contributed by atoms with Crippen LogP contribution in [-0.2, 0) is 19.5 Å². The Morgan fingerprint density at radius 3 is 2.78 bits per heavy atom. The Bertz CT molecular complexity index is 453. The second kappa shape index (κ2) is 6.93. The molecule has 0 saturated carbocycles. The van der Waals surface area contributed by atoms with Gasteiger partial charge in [-0.25, -0.2) is 0 Å². The van der Waals surface area contributed by atoms with Crippen molar-refractivity contribution in [2.75, 3.05) is 13.2 Å². The highest BCUT2D eigenvalue weighted by molar-refractivity contribution is 5.14. The van der Waals surface area contributed by atoms with E-state index in [1.165, 1.54) is 5.56 Å². The fraction of sp³-hybridized carbons (Fsp3) is 0.357. The number of rotatable bonds is 7. The molecule has 0 unspecified atom stereocenters. The highest BCUT2D eigenvalue weighted by Gasteiger charge is 1.98. The van der Waals surface area contributed by atoms with E-state index < -0.39 is 0 Å². The molecule has 0 aliphatic heterocycles. The van der Waals surface area contributed by atoms with Crippen molar-refractivity contribution >= 4 is 0 Å². The molecule has 4 nitrogen and oxygen atoms in total. The van der Waals surface area contributed by atoms with Gasteiger partial charge in [0.25, 0.3) is 0 Å². The zero-order chi connectivity index (χ0) is 12.6. The molecule has 0 radical (unpaired) electrons. The highest BCUT2D eigenvalue weighted by atomic mass is 16.3. The van der Waals surface area contributed by atoms with E-state index in [1.54, 1.807) is 4.68 Å². The van der Waals surface area contributed by atoms with Crippen molar-refractivity contribution < 1.29 is 5.11 Å². The maximum absolute atomic E-state index is 8.79. The van der Waals surface area contributed by atoms with Crippen LogP contribution in [0.4, 0.5) is 0 Å². The van der Waals surface area contributed by atoms with Crippen LogP contribution in [0.25, 0.3) is 0 Å². The molecule has 0 aliphatic carbocycles. The molecular weight excluding hydrogens is 226 g/mol. The zero-order valence-electron chi connectivity index (χ0n) is 10.4. The molecule has 0 saturated heterocycles. The third kappa shape index (κ3) is 3.98. The van der Waals surface area contributed by atoms with Crippen LogP contribution >= 0.6 is 0 Å². The summed E-state index contributed by atoms with van der Waals surface area (Å²) in [6.07, 6.45) is 4.84. The van der Waals surface area contributed by atoms with Crippen molar-refractivity contribution in [2.45, 2.75) is 19.5 Å². The molecule has 0 amide bonds. The lowest BCUT2D eigenvalue weighted by Crippen LogP contribution is -2.16. The minimum absolute atomic E-state index is 0.128. The minimum Gasteiger partial charge on any atom is -0.394 e. The maximum atomic E-state index is 8.79. The second-order valence-electron chi connectivity index (χ2n) is 4.25. The monoisotopic (exact) mass is 245 g/mol. The summed E-state index contributed by atoms with van der Waals surface area (Å²) in [5.41, 5.74) is 2.50. The lowest BCUT2D eigenvalue weighted by molar-refractivity contribution is 0.269. The van der Waals surface area contributed by atoms with Crippen molar-refractivity contribution in [1.82, 2.24) is 15.1 Å². The zero-order valence-corrected chi connectivity index (χ0v) is 10.4. The van der Waals surface area contributed by atoms with Gasteiger partial charge in [-0.15, -0.1) is 0 Å². The Labute approximate surface area is 107 Å². The van der Waals surface area contributed by atoms with Crippen molar-refractivity contribution in [3.8, 4) is 0 Å². The van der Waals surface area contributed by atoms with Crippen molar-refractivity contribution in [2.24, 2.45) is 0 Å². The van der Waals surface area contributed by atoms with Gasteiger partial charge >= 0.3 is 0 Å². The molecule has 2 rings (SSSR count). The van der Waals surface area contributed by atoms with Gasteiger partial charge in [-0.05, 0) is 18.5 Å². The van der Waals surface area contributed by atoms with E-state index in [0.29, 0.717) is 6.54 Å². The molecule has 1 aromatic carbocycles. The minimum atomic E-state index is 0.128. The summed E-state index contributed by atoms with van der Waals surface area (Å²) in [4.78, 5) is 0. The Balaban J connectivity index is 1.68. The number of nitrogens with one attached hydrogen (secondary N) is 1. The molecule has 1 aromatic heterocycles. The number of aliphatic hydroxyl groups is 1. The number of aliphatic hydroxyl groups excluding tert-OH is 1. The number of benzene rings is 1. The van der Waals surface area contributed by atoms with E-state index in [1.807, 2.05) is 18.5 Å². The van der Waals surface area contributed by atoms with E-state index in [-0.39, 0.29) is 6.61 Å². The summed E-state index contributed by atoms with van der Waals surface area (Å²) in [5, 5.41) is 16.3. The first kappa shape index (κ1) is 12.8. The Morgan fingerprint density at radius 2 is 2.00 bits per heavy atom. The molecule has 18 heavy (non-hydrogen) atoms. The van der Waals surface area contributed by atoms with Crippen molar-refractivity contribution in [3.63, 3.8) is 0 Å². The first-order chi connectivity index (χ1) is 8.88. The molecule has 2 aromatic rings. The summed E-state index contributed by atoms with van der Waals surface area (Å²) in [7, 11) is 0. The highest BCUT2D eigenvalue weighted by Crippen LogP contribution is 2.00. The molecule has 96 valence electrons. The van der Waals surface area contributed by atoms with Gasteiger partial charge in [-0.1, -0.05) is 30.3 Å². The van der Waals surface area contributed by atoms with E-state index in [0.717, 1.165) is 25.1 Å². The topological polar surface area (TPSA) is 50.1 Å². The molecule has 0 atom stereocenters. The third-order valence-electron chi connectivity index (χ3n) is 2.78. The largest absolute Gasteiger partial charge is 0.394 e. The first-order valence-electron chi connectivity index (χ1n) is 6.25. The summed E-state index contributed by atoms with van der Waals surface area (Å²) in [6.45, 7) is 2.46. The van der Waals surface area contributed by atoms with Crippen molar-refractivity contribution in [1.29, 1.82) is 0 Å². The predicted molar refractivity (Wildman–Crippen MR) is 71.2 cm³/mol. The van der Waals surface area contributed by atoms with Crippen LogP contribution < -0.4 is 5.32 Å². The van der Waals surface area contributed by atoms with E-state index in [9.17, 15) is 0 Å². The summed E-state index contributed by atoms with van der Waals surface area (Å²) < 4.78 is 1.76. The van der Waals surface area contributed by atoms with Crippen molar-refractivity contribution in [3.05, 3.63) is 53.9 Å². The van der Waals surface area contributed by atoms with Crippen LogP contribution in [0.15, 0.2) is 42.7 Å². The van der Waals surface area contributed by atoms with Gasteiger partial charge in [-0.2, -0.15) is 5.10 Å². The average Bonchev–Trinajstić information content (AvgIpc) is 2.84. The van der Waals surface area contributed by atoms with Gasteiger partial charge < -0.3 is 10.4 Å². The van der Waals surface area contributed by atoms with Gasteiger partial charge in [0.05, 0.1) is 19.3 Å². The molecule has 1 heterocycles. The Kier molecular flexibility index (Phi) is 4.93. The summed E-state index contributed by atoms with van der Waals surface area (Å²) in [5.74, 6) is 0. The quantitative estimate of drug-likeness (QED) is 0.721. The van der Waals surface area contributed by atoms with E-state index in [2.05, 4.69) is 34.7 Å². The van der Waals surface area contributed by atoms with Crippen LogP contribution in [0.3, 0.4) is 0 Å². The molecule has 0 aliphatic rings. The van der Waals surface area contributed by atoms with Crippen LogP contribution in [0.5, 0.6) is 0 Å². The fourth-order valence-corrected chi connectivity index (χ4v) is 1.83. The van der Waals surface area contributed by atoms with Gasteiger partial charge in [0, 0.05) is 18.3 Å². The van der Waals surface area contributed by atoms with Gasteiger partial charge in [0.15, 0.2) is 0 Å². The number of nitrogens with zero attached hydrogens (tertiary/aromatic N) is 2. The fourth-order valence-electron chi connectivity index (χ4n) is 1.83. The lowest BCUT2D eigenvalue weighted by Gasteiger charge is -2.03. The van der Waals surface area contributed by atoms with E-state index in [4.69, 9.17) is 5.11 Å². The van der Waals surface area contributed by atoms with Crippen LogP contribution in [0, 0.1) is 0 Å². The summed E-state index contributed by atoms with van der Waals surface area (Å²) >= 11 is 0. The van der Waals surface area contributed by atoms with Crippen LogP contribution in [0.2, 0.25) is 0 Å². The lowest BCUT2D eigenvalue weighted by atomic mass is 10.1. The SMILES string of the molecule is OCCn1cc(CNCCc2ccccc2)cn1.